The number of aromatic nitrogens is 4. The molecule has 0 fully saturated rings. The Kier molecular flexibility index (Phi) is 2.68. The first-order valence-corrected chi connectivity index (χ1v) is 5.68. The van der Waals surface area contributed by atoms with Gasteiger partial charge in [-0.2, -0.15) is 14.5 Å². The van der Waals surface area contributed by atoms with Crippen LogP contribution in [0.3, 0.4) is 0 Å². The van der Waals surface area contributed by atoms with Crippen molar-refractivity contribution in [2.24, 2.45) is 0 Å². The molecule has 0 bridgehead atoms. The van der Waals surface area contributed by atoms with E-state index in [1.54, 1.807) is 0 Å². The van der Waals surface area contributed by atoms with Gasteiger partial charge in [0.25, 0.3) is 0 Å². The SMILES string of the molecule is CCc1cc(-c2nc(N)ns2)n(CC)n1. The van der Waals surface area contributed by atoms with Crippen LogP contribution in [0.1, 0.15) is 19.5 Å². The molecule has 0 unspecified atom stereocenters. The molecule has 80 valence electrons. The molecule has 0 saturated carbocycles. The molecule has 0 aliphatic carbocycles. The average molecular weight is 223 g/mol. The second kappa shape index (κ2) is 3.98. The monoisotopic (exact) mass is 223 g/mol. The Labute approximate surface area is 92.1 Å². The molecular weight excluding hydrogens is 210 g/mol. The van der Waals surface area contributed by atoms with Crippen molar-refractivity contribution in [3.8, 4) is 10.7 Å². The van der Waals surface area contributed by atoms with Gasteiger partial charge in [-0.25, -0.2) is 0 Å². The van der Waals surface area contributed by atoms with Gasteiger partial charge in [-0.1, -0.05) is 6.92 Å². The van der Waals surface area contributed by atoms with E-state index in [1.807, 2.05) is 10.7 Å². The highest BCUT2D eigenvalue weighted by Crippen LogP contribution is 2.23. The van der Waals surface area contributed by atoms with Crippen LogP contribution in [0.5, 0.6) is 0 Å². The maximum atomic E-state index is 5.51. The Hall–Kier alpha value is -1.43. The standard InChI is InChI=1S/C9H13N5S/c1-3-6-5-7(14(4-2)12-6)8-11-9(10)13-15-8/h5H,3-4H2,1-2H3,(H2,10,13). The van der Waals surface area contributed by atoms with Crippen molar-refractivity contribution in [3.05, 3.63) is 11.8 Å². The van der Waals surface area contributed by atoms with Gasteiger partial charge in [0, 0.05) is 6.54 Å². The first-order chi connectivity index (χ1) is 7.24. The molecule has 0 spiro atoms. The fourth-order valence-electron chi connectivity index (χ4n) is 1.39. The lowest BCUT2D eigenvalue weighted by Crippen LogP contribution is -1.99. The average Bonchev–Trinajstić information content (AvgIpc) is 2.82. The number of rotatable bonds is 3. The molecular formula is C9H13N5S. The van der Waals surface area contributed by atoms with Gasteiger partial charge in [0.05, 0.1) is 11.4 Å². The summed E-state index contributed by atoms with van der Waals surface area (Å²) in [6, 6.07) is 2.05. The van der Waals surface area contributed by atoms with Crippen LogP contribution in [0, 0.1) is 0 Å². The molecule has 2 heterocycles. The van der Waals surface area contributed by atoms with Crippen molar-refractivity contribution in [1.29, 1.82) is 0 Å². The Balaban J connectivity index is 2.46. The minimum absolute atomic E-state index is 0.330. The maximum Gasteiger partial charge on any atom is 0.232 e. The molecule has 6 heteroatoms. The van der Waals surface area contributed by atoms with Crippen LogP contribution in [-0.2, 0) is 13.0 Å². The lowest BCUT2D eigenvalue weighted by atomic mass is 10.3. The van der Waals surface area contributed by atoms with Crippen LogP contribution in [0.4, 0.5) is 5.95 Å². The van der Waals surface area contributed by atoms with Gasteiger partial charge in [-0.15, -0.1) is 0 Å². The maximum absolute atomic E-state index is 5.51. The summed E-state index contributed by atoms with van der Waals surface area (Å²) in [5.74, 6) is 0.330. The summed E-state index contributed by atoms with van der Waals surface area (Å²) in [6.45, 7) is 4.97. The molecule has 0 aliphatic heterocycles. The number of aryl methyl sites for hydroxylation is 2. The molecule has 0 atom stereocenters. The van der Waals surface area contributed by atoms with Gasteiger partial charge in [0.1, 0.15) is 0 Å². The van der Waals surface area contributed by atoms with Crippen LogP contribution in [0.25, 0.3) is 10.7 Å². The van der Waals surface area contributed by atoms with Gasteiger partial charge in [0.2, 0.25) is 5.95 Å². The molecule has 0 amide bonds. The highest BCUT2D eigenvalue weighted by molar-refractivity contribution is 7.09. The fraction of sp³-hybridized carbons (Fsp3) is 0.444. The second-order valence-electron chi connectivity index (χ2n) is 3.15. The van der Waals surface area contributed by atoms with E-state index in [0.29, 0.717) is 5.95 Å². The Bertz CT molecular complexity index is 459. The summed E-state index contributed by atoms with van der Waals surface area (Å²) in [7, 11) is 0. The van der Waals surface area contributed by atoms with Gasteiger partial charge in [-0.3, -0.25) is 4.68 Å². The van der Waals surface area contributed by atoms with Crippen LogP contribution < -0.4 is 5.73 Å². The predicted octanol–water partition coefficient (Wildman–Crippen LogP) is 1.57. The quantitative estimate of drug-likeness (QED) is 0.857. The highest BCUT2D eigenvalue weighted by Gasteiger charge is 2.11. The zero-order valence-corrected chi connectivity index (χ0v) is 9.58. The Morgan fingerprint density at radius 3 is 2.80 bits per heavy atom. The summed E-state index contributed by atoms with van der Waals surface area (Å²) < 4.78 is 5.90. The van der Waals surface area contributed by atoms with E-state index in [-0.39, 0.29) is 0 Å². The highest BCUT2D eigenvalue weighted by atomic mass is 32.1. The van der Waals surface area contributed by atoms with E-state index in [9.17, 15) is 0 Å². The van der Waals surface area contributed by atoms with Crippen molar-refractivity contribution in [2.75, 3.05) is 5.73 Å². The first kappa shape index (κ1) is 10.1. The largest absolute Gasteiger partial charge is 0.367 e. The summed E-state index contributed by atoms with van der Waals surface area (Å²) >= 11 is 1.31. The van der Waals surface area contributed by atoms with E-state index in [2.05, 4.69) is 28.3 Å². The van der Waals surface area contributed by atoms with Gasteiger partial charge in [-0.05, 0) is 30.9 Å². The van der Waals surface area contributed by atoms with Crippen LogP contribution in [0.2, 0.25) is 0 Å². The van der Waals surface area contributed by atoms with Gasteiger partial charge in [0.15, 0.2) is 5.01 Å². The smallest absolute Gasteiger partial charge is 0.232 e. The zero-order chi connectivity index (χ0) is 10.8. The number of hydrogen-bond acceptors (Lipinski definition) is 5. The van der Waals surface area contributed by atoms with Crippen molar-refractivity contribution >= 4 is 17.5 Å². The molecule has 2 N–H and O–H groups in total. The molecule has 2 rings (SSSR count). The molecule has 0 aliphatic rings. The Morgan fingerprint density at radius 1 is 1.47 bits per heavy atom. The lowest BCUT2D eigenvalue weighted by molar-refractivity contribution is 0.655. The zero-order valence-electron chi connectivity index (χ0n) is 8.77. The molecule has 2 aromatic rings. The molecule has 0 saturated heterocycles. The van der Waals surface area contributed by atoms with E-state index in [0.717, 1.165) is 29.4 Å². The molecule has 0 aromatic carbocycles. The van der Waals surface area contributed by atoms with Crippen LogP contribution in [0.15, 0.2) is 6.07 Å². The molecule has 0 radical (unpaired) electrons. The second-order valence-corrected chi connectivity index (χ2v) is 3.90. The fourth-order valence-corrected chi connectivity index (χ4v) is 2.01. The third kappa shape index (κ3) is 1.85. The molecule has 15 heavy (non-hydrogen) atoms. The lowest BCUT2D eigenvalue weighted by Gasteiger charge is -1.98. The van der Waals surface area contributed by atoms with Crippen molar-refractivity contribution < 1.29 is 0 Å². The predicted molar refractivity (Wildman–Crippen MR) is 60.6 cm³/mol. The summed E-state index contributed by atoms with van der Waals surface area (Å²) in [5.41, 5.74) is 7.58. The first-order valence-electron chi connectivity index (χ1n) is 4.90. The van der Waals surface area contributed by atoms with Crippen LogP contribution in [-0.4, -0.2) is 19.1 Å². The minimum Gasteiger partial charge on any atom is -0.367 e. The van der Waals surface area contributed by atoms with Crippen molar-refractivity contribution in [3.63, 3.8) is 0 Å². The summed E-state index contributed by atoms with van der Waals surface area (Å²) in [5, 5.41) is 5.28. The molecule has 2 aromatic heterocycles. The van der Waals surface area contributed by atoms with Gasteiger partial charge < -0.3 is 5.73 Å². The summed E-state index contributed by atoms with van der Waals surface area (Å²) in [4.78, 5) is 4.16. The third-order valence-corrected chi connectivity index (χ3v) is 2.90. The van der Waals surface area contributed by atoms with Crippen molar-refractivity contribution in [1.82, 2.24) is 19.1 Å². The van der Waals surface area contributed by atoms with Crippen LogP contribution >= 0.6 is 11.5 Å². The minimum atomic E-state index is 0.330. The normalized spacial score (nSPS) is 10.8. The van der Waals surface area contributed by atoms with E-state index >= 15 is 0 Å². The number of hydrogen-bond donors (Lipinski definition) is 1. The number of anilines is 1. The number of nitrogens with two attached hydrogens (primary N) is 1. The van der Waals surface area contributed by atoms with E-state index < -0.39 is 0 Å². The Morgan fingerprint density at radius 2 is 2.27 bits per heavy atom. The third-order valence-electron chi connectivity index (χ3n) is 2.15. The van der Waals surface area contributed by atoms with E-state index in [1.165, 1.54) is 11.5 Å². The van der Waals surface area contributed by atoms with Crippen molar-refractivity contribution in [2.45, 2.75) is 26.8 Å². The van der Waals surface area contributed by atoms with E-state index in [4.69, 9.17) is 5.73 Å². The number of nitrogen functional groups attached to an aromatic ring is 1. The van der Waals surface area contributed by atoms with Gasteiger partial charge >= 0.3 is 0 Å². The molecule has 5 nitrogen and oxygen atoms in total. The summed E-state index contributed by atoms with van der Waals surface area (Å²) in [6.07, 6.45) is 0.925. The topological polar surface area (TPSA) is 69.6 Å². The number of nitrogens with zero attached hydrogens (tertiary/aromatic N) is 4.